The van der Waals surface area contributed by atoms with Gasteiger partial charge in [0.25, 0.3) is 0 Å². The number of hydrogen-bond donors (Lipinski definition) is 3. The SMILES string of the molecule is C.CN(C)C(=O)[C@H]1C[C@@H](CC(=O)N2CC(Oc3ccc4c(c3C(=O)[O-])O[B-](O)(O)CC4)C2)CN1. The Hall–Kier alpha value is -2.83. The van der Waals surface area contributed by atoms with E-state index >= 15 is 0 Å². The second-order valence-electron chi connectivity index (χ2n) is 9.27. The Morgan fingerprint density at radius 2 is 2.00 bits per heavy atom. The minimum absolute atomic E-state index is 0. The molecule has 34 heavy (non-hydrogen) atoms. The molecular formula is C22H32BN3O8-2. The fraction of sp³-hybridized carbons (Fsp3) is 0.591. The lowest BCUT2D eigenvalue weighted by Crippen LogP contribution is -2.56. The molecule has 0 aromatic heterocycles. The molecule has 188 valence electrons. The van der Waals surface area contributed by atoms with Crippen LogP contribution in [0.25, 0.3) is 0 Å². The summed E-state index contributed by atoms with van der Waals surface area (Å²) in [5.41, 5.74) is 0.170. The van der Waals surface area contributed by atoms with Crippen molar-refractivity contribution < 1.29 is 38.9 Å². The Morgan fingerprint density at radius 1 is 1.29 bits per heavy atom. The predicted molar refractivity (Wildman–Crippen MR) is 121 cm³/mol. The van der Waals surface area contributed by atoms with E-state index in [1.54, 1.807) is 25.1 Å². The van der Waals surface area contributed by atoms with E-state index in [1.807, 2.05) is 0 Å². The molecule has 0 bridgehead atoms. The van der Waals surface area contributed by atoms with Crippen LogP contribution in [0.4, 0.5) is 0 Å². The van der Waals surface area contributed by atoms with Gasteiger partial charge in [0.1, 0.15) is 11.9 Å². The maximum Gasteiger partial charge on any atom is 0.430 e. The molecule has 11 nitrogen and oxygen atoms in total. The maximum absolute atomic E-state index is 12.6. The fourth-order valence-corrected chi connectivity index (χ4v) is 4.56. The van der Waals surface area contributed by atoms with Crippen LogP contribution in [0.3, 0.4) is 0 Å². The highest BCUT2D eigenvalue weighted by molar-refractivity contribution is 6.59. The third-order valence-electron chi connectivity index (χ3n) is 6.42. The molecule has 0 radical (unpaired) electrons. The number of fused-ring (bicyclic) bond motifs is 1. The molecule has 0 saturated carbocycles. The van der Waals surface area contributed by atoms with E-state index in [2.05, 4.69) is 5.32 Å². The quantitative estimate of drug-likeness (QED) is 0.420. The minimum atomic E-state index is -3.14. The number of carbonyl (C=O) groups excluding carboxylic acids is 3. The molecular weight excluding hydrogens is 445 g/mol. The van der Waals surface area contributed by atoms with Gasteiger partial charge in [0.15, 0.2) is 0 Å². The summed E-state index contributed by atoms with van der Waals surface area (Å²) in [6.07, 6.45) is 0.757. The van der Waals surface area contributed by atoms with Gasteiger partial charge >= 0.3 is 6.75 Å². The van der Waals surface area contributed by atoms with Crippen molar-refractivity contribution in [3.63, 3.8) is 0 Å². The topological polar surface area (TPSA) is 152 Å². The number of aryl methyl sites for hydroxylation is 1. The summed E-state index contributed by atoms with van der Waals surface area (Å²) in [7, 11) is 3.40. The lowest BCUT2D eigenvalue weighted by Gasteiger charge is -2.41. The summed E-state index contributed by atoms with van der Waals surface area (Å²) in [6, 6.07) is 2.86. The number of benzene rings is 1. The summed E-state index contributed by atoms with van der Waals surface area (Å²) in [6.45, 7) is -1.93. The number of likely N-dealkylation sites (tertiary alicyclic amines) is 1. The van der Waals surface area contributed by atoms with Gasteiger partial charge in [-0.1, -0.05) is 19.8 Å². The molecule has 3 aliphatic heterocycles. The van der Waals surface area contributed by atoms with E-state index in [0.717, 1.165) is 0 Å². The van der Waals surface area contributed by atoms with Gasteiger partial charge in [-0.25, -0.2) is 0 Å². The Balaban J connectivity index is 0.00000324. The van der Waals surface area contributed by atoms with Gasteiger partial charge < -0.3 is 44.5 Å². The summed E-state index contributed by atoms with van der Waals surface area (Å²) in [4.78, 5) is 39.6. The summed E-state index contributed by atoms with van der Waals surface area (Å²) >= 11 is 0. The Kier molecular flexibility index (Phi) is 7.44. The normalized spacial score (nSPS) is 23.1. The molecule has 0 unspecified atom stereocenters. The van der Waals surface area contributed by atoms with Crippen molar-refractivity contribution in [3.05, 3.63) is 23.3 Å². The maximum atomic E-state index is 12.6. The standard InChI is InChI=1S/C21H29BN3O8.CH4/c1-24(2)20(27)15-7-12(9-23-15)8-17(26)25-10-14(11-25)32-16-4-3-13-5-6-22(30,31)33-19(13)18(16)21(28)29;/h3-4,12,14-15,23,30-31H,5-11H2,1-2H3,(H,28,29);1H4/q-1;/p-1/t12-,15+;/m0./s1. The van der Waals surface area contributed by atoms with E-state index in [-0.39, 0.29) is 61.0 Å². The Bertz CT molecular complexity index is 964. The molecule has 2 atom stereocenters. The monoisotopic (exact) mass is 477 g/mol. The zero-order valence-electron chi connectivity index (χ0n) is 18.7. The average Bonchev–Trinajstić information content (AvgIpc) is 3.16. The highest BCUT2D eigenvalue weighted by atomic mass is 16.6. The van der Waals surface area contributed by atoms with Gasteiger partial charge in [0, 0.05) is 20.5 Å². The van der Waals surface area contributed by atoms with Crippen molar-refractivity contribution in [3.8, 4) is 11.5 Å². The van der Waals surface area contributed by atoms with Crippen LogP contribution in [-0.4, -0.2) is 90.3 Å². The number of nitrogens with one attached hydrogen (secondary N) is 1. The number of hydrogen-bond acceptors (Lipinski definition) is 9. The van der Waals surface area contributed by atoms with Gasteiger partial charge in [-0.05, 0) is 36.9 Å². The second-order valence-corrected chi connectivity index (χ2v) is 9.27. The Labute approximate surface area is 198 Å². The largest absolute Gasteiger partial charge is 0.669 e. The van der Waals surface area contributed by atoms with E-state index in [9.17, 15) is 29.5 Å². The van der Waals surface area contributed by atoms with Crippen LogP contribution in [0.5, 0.6) is 11.5 Å². The Morgan fingerprint density at radius 3 is 2.65 bits per heavy atom. The van der Waals surface area contributed by atoms with Crippen molar-refractivity contribution in [2.75, 3.05) is 33.7 Å². The van der Waals surface area contributed by atoms with Crippen LogP contribution in [0, 0.1) is 5.92 Å². The van der Waals surface area contributed by atoms with Crippen LogP contribution < -0.4 is 19.8 Å². The third kappa shape index (κ3) is 5.29. The first-order chi connectivity index (χ1) is 15.5. The van der Waals surface area contributed by atoms with Crippen molar-refractivity contribution in [2.45, 2.75) is 45.2 Å². The number of nitrogens with zero attached hydrogens (tertiary/aromatic N) is 2. The zero-order chi connectivity index (χ0) is 23.9. The summed E-state index contributed by atoms with van der Waals surface area (Å²) in [5.74, 6) is -1.65. The molecule has 0 spiro atoms. The van der Waals surface area contributed by atoms with Gasteiger partial charge in [-0.2, -0.15) is 0 Å². The van der Waals surface area contributed by atoms with Gasteiger partial charge in [0.05, 0.1) is 36.4 Å². The van der Waals surface area contributed by atoms with E-state index < -0.39 is 18.8 Å². The number of carboxylic acid groups (broad SMARTS) is 1. The molecule has 3 N–H and O–H groups in total. The first-order valence-electron chi connectivity index (χ1n) is 11.1. The van der Waals surface area contributed by atoms with Crippen LogP contribution in [0.15, 0.2) is 12.1 Å². The van der Waals surface area contributed by atoms with Crippen molar-refractivity contribution >= 4 is 24.5 Å². The fourth-order valence-electron chi connectivity index (χ4n) is 4.56. The predicted octanol–water partition coefficient (Wildman–Crippen LogP) is -1.41. The first-order valence-corrected chi connectivity index (χ1v) is 11.1. The van der Waals surface area contributed by atoms with E-state index in [0.29, 0.717) is 38.0 Å². The summed E-state index contributed by atoms with van der Waals surface area (Å²) < 4.78 is 10.9. The molecule has 1 aromatic rings. The van der Waals surface area contributed by atoms with Gasteiger partial charge in [0.2, 0.25) is 11.8 Å². The first kappa shape index (κ1) is 25.8. The third-order valence-corrected chi connectivity index (χ3v) is 6.42. The lowest BCUT2D eigenvalue weighted by molar-refractivity contribution is -0.255. The number of amides is 2. The number of aromatic carboxylic acids is 1. The number of carboxylic acids is 1. The van der Waals surface area contributed by atoms with Crippen molar-refractivity contribution in [2.24, 2.45) is 5.92 Å². The smallest absolute Gasteiger partial charge is 0.430 e. The van der Waals surface area contributed by atoms with E-state index in [4.69, 9.17) is 9.39 Å². The molecule has 0 aliphatic carbocycles. The van der Waals surface area contributed by atoms with Crippen LogP contribution in [-0.2, 0) is 16.0 Å². The highest BCUT2D eigenvalue weighted by Gasteiger charge is 2.37. The number of ether oxygens (including phenoxy) is 1. The number of rotatable bonds is 6. The molecule has 3 heterocycles. The molecule has 12 heteroatoms. The highest BCUT2D eigenvalue weighted by Crippen LogP contribution is 2.38. The molecule has 2 saturated heterocycles. The lowest BCUT2D eigenvalue weighted by atomic mass is 9.70. The van der Waals surface area contributed by atoms with Gasteiger partial charge in [-0.15, -0.1) is 0 Å². The number of carbonyl (C=O) groups is 3. The van der Waals surface area contributed by atoms with Crippen LogP contribution in [0.1, 0.15) is 36.2 Å². The number of likely N-dealkylation sites (N-methyl/N-ethyl adjacent to an activating group) is 1. The van der Waals surface area contributed by atoms with Crippen LogP contribution in [0.2, 0.25) is 6.32 Å². The molecule has 2 fully saturated rings. The van der Waals surface area contributed by atoms with E-state index in [1.165, 1.54) is 11.0 Å². The average molecular weight is 477 g/mol. The second kappa shape index (κ2) is 9.81. The van der Waals surface area contributed by atoms with Gasteiger partial charge in [-0.3, -0.25) is 9.59 Å². The zero-order valence-corrected chi connectivity index (χ0v) is 18.7. The molecule has 4 rings (SSSR count). The van der Waals surface area contributed by atoms with Crippen molar-refractivity contribution in [1.82, 2.24) is 15.1 Å². The molecule has 1 aromatic carbocycles. The van der Waals surface area contributed by atoms with Crippen LogP contribution >= 0.6 is 0 Å². The van der Waals surface area contributed by atoms with Crippen molar-refractivity contribution in [1.29, 1.82) is 0 Å². The minimum Gasteiger partial charge on any atom is -0.669 e. The molecule has 3 aliphatic rings. The molecule has 2 amide bonds. The summed E-state index contributed by atoms with van der Waals surface area (Å²) in [5, 5.41) is 34.5.